The second-order valence-electron chi connectivity index (χ2n) is 7.80. The van der Waals surface area contributed by atoms with Gasteiger partial charge in [-0.25, -0.2) is 4.98 Å². The second kappa shape index (κ2) is 7.64. The third-order valence-corrected chi connectivity index (χ3v) is 7.13. The van der Waals surface area contributed by atoms with Crippen molar-refractivity contribution >= 4 is 17.7 Å². The summed E-state index contributed by atoms with van der Waals surface area (Å²) in [7, 11) is 2.23. The van der Waals surface area contributed by atoms with Gasteiger partial charge in [0.1, 0.15) is 5.03 Å². The minimum atomic E-state index is -0.0308. The van der Waals surface area contributed by atoms with Gasteiger partial charge >= 0.3 is 0 Å². The molecule has 5 rings (SSSR count). The number of likely N-dealkylation sites (N-methyl/N-ethyl adjacent to an activating group) is 1. The molecule has 1 aromatic heterocycles. The van der Waals surface area contributed by atoms with Crippen LogP contribution in [0, 0.1) is 5.92 Å². The fourth-order valence-electron chi connectivity index (χ4n) is 4.93. The molecule has 1 N–H and O–H groups in total. The second-order valence-corrected chi connectivity index (χ2v) is 8.60. The van der Waals surface area contributed by atoms with Crippen LogP contribution in [-0.2, 0) is 0 Å². The van der Waals surface area contributed by atoms with Crippen LogP contribution in [0.4, 0.5) is 0 Å². The van der Waals surface area contributed by atoms with Crippen molar-refractivity contribution in [1.82, 2.24) is 15.2 Å². The molecular weight excluding hydrogens is 354 g/mol. The normalized spacial score (nSPS) is 25.9. The van der Waals surface area contributed by atoms with E-state index in [2.05, 4.69) is 46.5 Å². The first-order valence-corrected chi connectivity index (χ1v) is 10.9. The minimum absolute atomic E-state index is 0.00646. The summed E-state index contributed by atoms with van der Waals surface area (Å²) in [6, 6.07) is 14.1. The van der Waals surface area contributed by atoms with E-state index in [1.165, 1.54) is 30.2 Å². The van der Waals surface area contributed by atoms with E-state index in [1.807, 2.05) is 24.5 Å². The molecule has 27 heavy (non-hydrogen) atoms. The zero-order chi connectivity index (χ0) is 18.9. The fraction of sp³-hybridized carbons (Fsp3) is 0.455. The highest BCUT2D eigenvalue weighted by atomic mass is 32.2. The molecule has 3 fully saturated rings. The van der Waals surface area contributed by atoms with E-state index < -0.39 is 0 Å². The van der Waals surface area contributed by atoms with Crippen LogP contribution in [-0.4, -0.2) is 41.2 Å². The van der Waals surface area contributed by atoms with Crippen LogP contribution in [0.1, 0.15) is 47.6 Å². The first-order valence-electron chi connectivity index (χ1n) is 9.70. The molecule has 3 heterocycles. The topological polar surface area (TPSA) is 45.2 Å². The number of hydrogen-bond acceptors (Lipinski definition) is 4. The lowest BCUT2D eigenvalue weighted by atomic mass is 9.66. The van der Waals surface area contributed by atoms with Gasteiger partial charge in [-0.05, 0) is 62.6 Å². The zero-order valence-corrected chi connectivity index (χ0v) is 16.8. The molecule has 3 aliphatic rings. The Bertz CT molecular complexity index is 802. The molecule has 1 amide bonds. The Balaban J connectivity index is 1.70. The molecular formula is C22H27N3OS. The maximum absolute atomic E-state index is 13.2. The maximum Gasteiger partial charge on any atom is 0.254 e. The Morgan fingerprint density at radius 3 is 2.63 bits per heavy atom. The Kier molecular flexibility index (Phi) is 5.24. The molecule has 4 nitrogen and oxygen atoms in total. The Hall–Kier alpha value is -1.85. The van der Waals surface area contributed by atoms with Crippen molar-refractivity contribution in [2.75, 3.05) is 19.8 Å². The van der Waals surface area contributed by atoms with Crippen molar-refractivity contribution in [2.24, 2.45) is 5.92 Å². The van der Waals surface area contributed by atoms with Crippen molar-refractivity contribution in [1.29, 1.82) is 0 Å². The molecule has 1 unspecified atom stereocenters. The number of amides is 1. The smallest absolute Gasteiger partial charge is 0.254 e. The third kappa shape index (κ3) is 3.39. The van der Waals surface area contributed by atoms with Gasteiger partial charge in [0, 0.05) is 18.3 Å². The Morgan fingerprint density at radius 1 is 1.22 bits per heavy atom. The van der Waals surface area contributed by atoms with E-state index in [1.54, 1.807) is 6.20 Å². The fourth-order valence-corrected chi connectivity index (χ4v) is 5.48. The average molecular weight is 382 g/mol. The molecule has 142 valence electrons. The van der Waals surface area contributed by atoms with E-state index >= 15 is 0 Å². The van der Waals surface area contributed by atoms with Gasteiger partial charge < -0.3 is 5.32 Å². The summed E-state index contributed by atoms with van der Waals surface area (Å²) in [6.07, 6.45) is 8.49. The van der Waals surface area contributed by atoms with Crippen molar-refractivity contribution in [2.45, 2.75) is 42.3 Å². The number of thioether (sulfide) groups is 1. The molecule has 1 atom stereocenters. The number of nitrogens with one attached hydrogen (secondary N) is 1. The van der Waals surface area contributed by atoms with Crippen molar-refractivity contribution in [3.05, 3.63) is 59.8 Å². The van der Waals surface area contributed by atoms with Crippen molar-refractivity contribution < 1.29 is 4.79 Å². The standard InChI is InChI=1S/C22H27N3OS/c1-25-15-16-10-12-22(25,13-11-16)19(17-7-4-3-5-8-17)24-20(26)18-9-6-14-23-21(18)27-2/h3-9,14,16,19H,10-13,15H2,1-2H3,(H,24,26). The number of carbonyl (C=O) groups excluding carboxylic acids is 1. The van der Waals surface area contributed by atoms with E-state index in [-0.39, 0.29) is 17.5 Å². The van der Waals surface area contributed by atoms with E-state index in [0.717, 1.165) is 30.3 Å². The van der Waals surface area contributed by atoms with Gasteiger partial charge in [-0.3, -0.25) is 9.69 Å². The highest BCUT2D eigenvalue weighted by molar-refractivity contribution is 7.98. The molecule has 2 bridgehead atoms. The van der Waals surface area contributed by atoms with E-state index in [9.17, 15) is 4.79 Å². The molecule has 0 radical (unpaired) electrons. The monoisotopic (exact) mass is 381 g/mol. The first-order chi connectivity index (χ1) is 13.1. The van der Waals surface area contributed by atoms with Crippen LogP contribution in [0.2, 0.25) is 0 Å². The summed E-state index contributed by atoms with van der Waals surface area (Å²) in [6.45, 7) is 1.13. The lowest BCUT2D eigenvalue weighted by Crippen LogP contribution is -2.62. The van der Waals surface area contributed by atoms with Crippen LogP contribution >= 0.6 is 11.8 Å². The van der Waals surface area contributed by atoms with E-state index in [4.69, 9.17) is 0 Å². The maximum atomic E-state index is 13.2. The van der Waals surface area contributed by atoms with Gasteiger partial charge in [-0.1, -0.05) is 30.3 Å². The molecule has 5 heteroatoms. The summed E-state index contributed by atoms with van der Waals surface area (Å²) in [4.78, 5) is 20.1. The van der Waals surface area contributed by atoms with Gasteiger partial charge in [-0.15, -0.1) is 11.8 Å². The minimum Gasteiger partial charge on any atom is -0.343 e. The number of pyridine rings is 1. The van der Waals surface area contributed by atoms with Gasteiger partial charge in [-0.2, -0.15) is 0 Å². The first kappa shape index (κ1) is 18.5. The number of rotatable bonds is 5. The Morgan fingerprint density at radius 2 is 1.96 bits per heavy atom. The van der Waals surface area contributed by atoms with Crippen LogP contribution in [0.5, 0.6) is 0 Å². The molecule has 0 spiro atoms. The van der Waals surface area contributed by atoms with Crippen molar-refractivity contribution in [3.63, 3.8) is 0 Å². The van der Waals surface area contributed by atoms with E-state index in [0.29, 0.717) is 5.56 Å². The average Bonchev–Trinajstić information content (AvgIpc) is 2.73. The number of fused-ring (bicyclic) bond motifs is 3. The lowest BCUT2D eigenvalue weighted by Gasteiger charge is -2.57. The summed E-state index contributed by atoms with van der Waals surface area (Å²) in [5.41, 5.74) is 1.84. The number of aromatic nitrogens is 1. The zero-order valence-electron chi connectivity index (χ0n) is 16.0. The molecule has 2 aromatic rings. The van der Waals surface area contributed by atoms with Gasteiger partial charge in [0.2, 0.25) is 0 Å². The van der Waals surface area contributed by atoms with Gasteiger partial charge in [0.15, 0.2) is 0 Å². The predicted molar refractivity (Wildman–Crippen MR) is 110 cm³/mol. The molecule has 2 saturated heterocycles. The van der Waals surface area contributed by atoms with Crippen LogP contribution in [0.15, 0.2) is 53.7 Å². The van der Waals surface area contributed by atoms with Gasteiger partial charge in [0.05, 0.1) is 11.6 Å². The quantitative estimate of drug-likeness (QED) is 0.791. The highest BCUT2D eigenvalue weighted by Crippen LogP contribution is 2.49. The highest BCUT2D eigenvalue weighted by Gasteiger charge is 2.50. The molecule has 2 aliphatic heterocycles. The SMILES string of the molecule is CSc1ncccc1C(=O)NC(c1ccccc1)C12CCC(CC1)CN2C. The largest absolute Gasteiger partial charge is 0.343 e. The van der Waals surface area contributed by atoms with Crippen LogP contribution in [0.3, 0.4) is 0 Å². The summed E-state index contributed by atoms with van der Waals surface area (Å²) in [5, 5.41) is 4.18. The van der Waals surface area contributed by atoms with Crippen LogP contribution in [0.25, 0.3) is 0 Å². The summed E-state index contributed by atoms with van der Waals surface area (Å²) < 4.78 is 0. The van der Waals surface area contributed by atoms with Gasteiger partial charge in [0.25, 0.3) is 5.91 Å². The van der Waals surface area contributed by atoms with Crippen LogP contribution < -0.4 is 5.32 Å². The summed E-state index contributed by atoms with van der Waals surface area (Å²) >= 11 is 1.51. The number of nitrogens with zero attached hydrogens (tertiary/aromatic N) is 2. The number of piperidine rings is 2. The van der Waals surface area contributed by atoms with Crippen molar-refractivity contribution in [3.8, 4) is 0 Å². The number of carbonyl (C=O) groups is 1. The number of benzene rings is 1. The lowest BCUT2D eigenvalue weighted by molar-refractivity contribution is -0.0404. The number of hydrogen-bond donors (Lipinski definition) is 1. The third-order valence-electron chi connectivity index (χ3n) is 6.42. The molecule has 1 saturated carbocycles. The predicted octanol–water partition coefficient (Wildman–Crippen LogP) is 4.15. The molecule has 1 aliphatic carbocycles. The Labute approximate surface area is 165 Å². The summed E-state index contributed by atoms with van der Waals surface area (Å²) in [5.74, 6) is 0.780. The molecule has 1 aromatic carbocycles.